The summed E-state index contributed by atoms with van der Waals surface area (Å²) < 4.78 is 3.37. The van der Waals surface area contributed by atoms with Gasteiger partial charge in [0.25, 0.3) is 9.68 Å². The van der Waals surface area contributed by atoms with Crippen LogP contribution in [0.25, 0.3) is 0 Å². The van der Waals surface area contributed by atoms with E-state index in [1.165, 1.54) is 19.3 Å². The summed E-state index contributed by atoms with van der Waals surface area (Å²) in [5.74, 6) is 1.01. The Morgan fingerprint density at radius 3 is 2.33 bits per heavy atom. The van der Waals surface area contributed by atoms with Crippen molar-refractivity contribution in [3.05, 3.63) is 11.7 Å². The van der Waals surface area contributed by atoms with Crippen LogP contribution in [-0.4, -0.2) is 10.1 Å². The Labute approximate surface area is 123 Å². The zero-order valence-electron chi connectivity index (χ0n) is 10.8. The Morgan fingerprint density at radius 2 is 1.83 bits per heavy atom. The highest BCUT2D eigenvalue weighted by Gasteiger charge is 2.31. The van der Waals surface area contributed by atoms with E-state index in [-0.39, 0.29) is 5.89 Å². The van der Waals surface area contributed by atoms with Gasteiger partial charge in [-0.3, -0.25) is 0 Å². The van der Waals surface area contributed by atoms with Gasteiger partial charge in [0.2, 0.25) is 0 Å². The fourth-order valence-corrected chi connectivity index (χ4v) is 2.14. The molecule has 0 fully saturated rings. The normalized spacial score (nSPS) is 13.8. The average molecular weight is 314 g/mol. The van der Waals surface area contributed by atoms with Crippen LogP contribution in [-0.2, 0) is 3.79 Å². The van der Waals surface area contributed by atoms with E-state index in [9.17, 15) is 0 Å². The van der Waals surface area contributed by atoms with Crippen molar-refractivity contribution in [2.24, 2.45) is 0 Å². The highest BCUT2D eigenvalue weighted by molar-refractivity contribution is 6.66. The molecule has 0 spiro atoms. The largest absolute Gasteiger partial charge is 0.335 e. The molecule has 0 amide bonds. The van der Waals surface area contributed by atoms with E-state index in [1.807, 2.05) is 0 Å². The molecule has 1 heterocycles. The molecule has 0 radical (unpaired) electrons. The number of alkyl halides is 3. The summed E-state index contributed by atoms with van der Waals surface area (Å²) in [5.41, 5.74) is 0. The van der Waals surface area contributed by atoms with Crippen LogP contribution >= 0.6 is 34.8 Å². The lowest BCUT2D eigenvalue weighted by molar-refractivity contribution is 0.368. The number of hydrogen-bond donors (Lipinski definition) is 0. The van der Waals surface area contributed by atoms with Crippen molar-refractivity contribution in [2.45, 2.75) is 62.1 Å². The lowest BCUT2D eigenvalue weighted by atomic mass is 9.96. The second-order valence-corrected chi connectivity index (χ2v) is 6.72. The molecule has 0 N–H and O–H groups in total. The minimum absolute atomic E-state index is 0.0547. The first-order valence-corrected chi connectivity index (χ1v) is 7.53. The minimum atomic E-state index is -1.63. The van der Waals surface area contributed by atoms with E-state index in [0.717, 1.165) is 19.3 Å². The van der Waals surface area contributed by atoms with Crippen LogP contribution in [0.15, 0.2) is 4.52 Å². The van der Waals surface area contributed by atoms with Gasteiger partial charge in [-0.15, -0.1) is 0 Å². The molecule has 1 rings (SSSR count). The molecule has 1 atom stereocenters. The zero-order chi connectivity index (χ0) is 13.6. The third-order valence-corrected chi connectivity index (χ3v) is 3.33. The van der Waals surface area contributed by atoms with E-state index < -0.39 is 3.79 Å². The highest BCUT2D eigenvalue weighted by Crippen LogP contribution is 2.38. The molecule has 0 saturated heterocycles. The van der Waals surface area contributed by atoms with E-state index in [2.05, 4.69) is 24.0 Å². The number of nitrogens with zero attached hydrogens (tertiary/aromatic N) is 2. The maximum absolute atomic E-state index is 5.72. The molecule has 0 saturated carbocycles. The van der Waals surface area contributed by atoms with E-state index in [1.54, 1.807) is 0 Å². The van der Waals surface area contributed by atoms with Crippen molar-refractivity contribution in [3.63, 3.8) is 0 Å². The maximum atomic E-state index is 5.72. The van der Waals surface area contributed by atoms with E-state index in [4.69, 9.17) is 39.3 Å². The van der Waals surface area contributed by atoms with Crippen LogP contribution in [0, 0.1) is 0 Å². The summed E-state index contributed by atoms with van der Waals surface area (Å²) in [6.07, 6.45) is 6.75. The van der Waals surface area contributed by atoms with Crippen LogP contribution < -0.4 is 0 Å². The summed E-state index contributed by atoms with van der Waals surface area (Å²) in [7, 11) is 0. The van der Waals surface area contributed by atoms with E-state index in [0.29, 0.717) is 11.7 Å². The number of hydrogen-bond acceptors (Lipinski definition) is 3. The van der Waals surface area contributed by atoms with Gasteiger partial charge in [0.1, 0.15) is 0 Å². The third kappa shape index (κ3) is 4.94. The van der Waals surface area contributed by atoms with Gasteiger partial charge in [-0.1, -0.05) is 79.5 Å². The molecule has 0 aliphatic carbocycles. The third-order valence-electron chi connectivity index (χ3n) is 2.84. The summed E-state index contributed by atoms with van der Waals surface area (Å²) in [6.45, 7) is 4.33. The van der Waals surface area contributed by atoms with Gasteiger partial charge >= 0.3 is 0 Å². The van der Waals surface area contributed by atoms with Crippen molar-refractivity contribution >= 4 is 34.8 Å². The second kappa shape index (κ2) is 7.56. The predicted octanol–water partition coefficient (Wildman–Crippen LogP) is 5.36. The minimum Gasteiger partial charge on any atom is -0.335 e. The van der Waals surface area contributed by atoms with Crippen LogP contribution in [0.3, 0.4) is 0 Å². The molecule has 1 unspecified atom stereocenters. The van der Waals surface area contributed by atoms with Crippen LogP contribution in [0.4, 0.5) is 0 Å². The average Bonchev–Trinajstić information content (AvgIpc) is 2.77. The first kappa shape index (κ1) is 16.1. The van der Waals surface area contributed by atoms with Gasteiger partial charge < -0.3 is 4.52 Å². The Bertz CT molecular complexity index is 349. The molecule has 3 nitrogen and oxygen atoms in total. The van der Waals surface area contributed by atoms with Gasteiger partial charge in [0.15, 0.2) is 5.82 Å². The van der Waals surface area contributed by atoms with Crippen LogP contribution in [0.5, 0.6) is 0 Å². The SMILES string of the molecule is CCCCCC(CCC)c1noc(C(Cl)(Cl)Cl)n1. The van der Waals surface area contributed by atoms with Crippen LogP contribution in [0.2, 0.25) is 0 Å². The van der Waals surface area contributed by atoms with Gasteiger partial charge in [-0.2, -0.15) is 4.98 Å². The van der Waals surface area contributed by atoms with Gasteiger partial charge in [0.05, 0.1) is 0 Å². The molecule has 0 aromatic carbocycles. The van der Waals surface area contributed by atoms with Crippen molar-refractivity contribution < 1.29 is 4.52 Å². The molecule has 1 aromatic heterocycles. The number of aromatic nitrogens is 2. The lowest BCUT2D eigenvalue weighted by Crippen LogP contribution is -2.04. The molecule has 1 aromatic rings. The van der Waals surface area contributed by atoms with Crippen molar-refractivity contribution in [3.8, 4) is 0 Å². The Kier molecular flexibility index (Phi) is 6.75. The summed E-state index contributed by atoms with van der Waals surface area (Å²) in [6, 6.07) is 0. The molecule has 0 bridgehead atoms. The highest BCUT2D eigenvalue weighted by atomic mass is 35.6. The number of unbranched alkanes of at least 4 members (excludes halogenated alkanes) is 2. The summed E-state index contributed by atoms with van der Waals surface area (Å²) in [5, 5.41) is 3.94. The Balaban J connectivity index is 2.70. The monoisotopic (exact) mass is 312 g/mol. The fourth-order valence-electron chi connectivity index (χ4n) is 1.91. The summed E-state index contributed by atoms with van der Waals surface area (Å²) in [4.78, 5) is 4.21. The molecule has 104 valence electrons. The molecular formula is C12H19Cl3N2O. The Hall–Kier alpha value is 0.01000. The number of rotatable bonds is 7. The lowest BCUT2D eigenvalue weighted by Gasteiger charge is -2.11. The van der Waals surface area contributed by atoms with Gasteiger partial charge in [-0.25, -0.2) is 0 Å². The standard InChI is InChI=1S/C12H19Cl3N2O/c1-3-5-6-8-9(7-4-2)10-16-11(18-17-10)12(13,14)15/h9H,3-8H2,1-2H3. The summed E-state index contributed by atoms with van der Waals surface area (Å²) >= 11 is 17.1. The zero-order valence-corrected chi connectivity index (χ0v) is 13.0. The van der Waals surface area contributed by atoms with Crippen molar-refractivity contribution in [1.82, 2.24) is 10.1 Å². The topological polar surface area (TPSA) is 38.9 Å². The van der Waals surface area contributed by atoms with Gasteiger partial charge in [-0.05, 0) is 12.8 Å². The molecule has 0 aliphatic heterocycles. The molecule has 0 aliphatic rings. The second-order valence-electron chi connectivity index (χ2n) is 4.44. The van der Waals surface area contributed by atoms with Gasteiger partial charge in [0, 0.05) is 5.92 Å². The first-order chi connectivity index (χ1) is 8.49. The predicted molar refractivity (Wildman–Crippen MR) is 75.3 cm³/mol. The molecular weight excluding hydrogens is 295 g/mol. The quantitative estimate of drug-likeness (QED) is 0.502. The molecule has 6 heteroatoms. The number of halogens is 3. The first-order valence-electron chi connectivity index (χ1n) is 6.39. The molecule has 18 heavy (non-hydrogen) atoms. The van der Waals surface area contributed by atoms with Crippen LogP contribution in [0.1, 0.15) is 70.0 Å². The maximum Gasteiger partial charge on any atom is 0.278 e. The van der Waals surface area contributed by atoms with E-state index >= 15 is 0 Å². The van der Waals surface area contributed by atoms with Crippen molar-refractivity contribution in [1.29, 1.82) is 0 Å². The Morgan fingerprint density at radius 1 is 1.11 bits per heavy atom. The fraction of sp³-hybridized carbons (Fsp3) is 0.833. The smallest absolute Gasteiger partial charge is 0.278 e. The van der Waals surface area contributed by atoms with Crippen molar-refractivity contribution in [2.75, 3.05) is 0 Å².